The van der Waals surface area contributed by atoms with E-state index in [1.54, 1.807) is 0 Å². The smallest absolute Gasteiger partial charge is 0.194 e. The van der Waals surface area contributed by atoms with Crippen LogP contribution in [0.3, 0.4) is 0 Å². The van der Waals surface area contributed by atoms with Crippen LogP contribution in [-0.4, -0.2) is 30.6 Å². The van der Waals surface area contributed by atoms with E-state index in [2.05, 4.69) is 17.1 Å². The van der Waals surface area contributed by atoms with Crippen LogP contribution in [0.2, 0.25) is 0 Å². The average Bonchev–Trinajstić information content (AvgIpc) is 2.34. The summed E-state index contributed by atoms with van der Waals surface area (Å²) in [6.07, 6.45) is 0. The predicted molar refractivity (Wildman–Crippen MR) is 63.8 cm³/mol. The summed E-state index contributed by atoms with van der Waals surface area (Å²) in [6, 6.07) is 2.38. The van der Waals surface area contributed by atoms with E-state index >= 15 is 0 Å². The summed E-state index contributed by atoms with van der Waals surface area (Å²) in [7, 11) is 0. The lowest BCUT2D eigenvalue weighted by Gasteiger charge is -2.36. The Balaban J connectivity index is 2.20. The topological polar surface area (TPSA) is 15.3 Å². The van der Waals surface area contributed by atoms with Gasteiger partial charge in [-0.3, -0.25) is 4.90 Å². The number of piperazine rings is 1. The third-order valence-corrected chi connectivity index (χ3v) is 3.44. The first kappa shape index (κ1) is 13.4. The fraction of sp³-hybridized carbons (Fsp3) is 0.538. The minimum atomic E-state index is -1.40. The molecule has 0 saturated carbocycles. The van der Waals surface area contributed by atoms with Gasteiger partial charge >= 0.3 is 0 Å². The first-order chi connectivity index (χ1) is 8.49. The zero-order valence-electron chi connectivity index (χ0n) is 10.5. The minimum absolute atomic E-state index is 0.126. The fourth-order valence-electron chi connectivity index (χ4n) is 2.34. The van der Waals surface area contributed by atoms with Crippen LogP contribution in [0.5, 0.6) is 0 Å². The maximum Gasteiger partial charge on any atom is 0.194 e. The normalized spacial score (nSPS) is 23.1. The van der Waals surface area contributed by atoms with Gasteiger partial charge in [0.15, 0.2) is 17.5 Å². The van der Waals surface area contributed by atoms with Crippen molar-refractivity contribution in [1.82, 2.24) is 10.2 Å². The van der Waals surface area contributed by atoms with Gasteiger partial charge in [-0.1, -0.05) is 0 Å². The van der Waals surface area contributed by atoms with Crippen LogP contribution >= 0.6 is 0 Å². The van der Waals surface area contributed by atoms with E-state index in [4.69, 9.17) is 0 Å². The molecule has 1 fully saturated rings. The van der Waals surface area contributed by atoms with Crippen molar-refractivity contribution in [2.75, 3.05) is 19.6 Å². The second-order valence-corrected chi connectivity index (χ2v) is 4.82. The Labute approximate surface area is 105 Å². The Hall–Kier alpha value is -1.07. The molecular formula is C13H17F3N2. The van der Waals surface area contributed by atoms with Crippen molar-refractivity contribution in [1.29, 1.82) is 0 Å². The Morgan fingerprint density at radius 1 is 1.28 bits per heavy atom. The molecule has 1 aromatic carbocycles. The van der Waals surface area contributed by atoms with Gasteiger partial charge < -0.3 is 5.32 Å². The fourth-order valence-corrected chi connectivity index (χ4v) is 2.34. The van der Waals surface area contributed by atoms with Crippen LogP contribution in [0.1, 0.15) is 25.5 Å². The van der Waals surface area contributed by atoms with E-state index in [1.165, 1.54) is 0 Å². The van der Waals surface area contributed by atoms with Crippen molar-refractivity contribution in [2.45, 2.75) is 25.9 Å². The largest absolute Gasteiger partial charge is 0.312 e. The molecule has 1 aliphatic heterocycles. The first-order valence-electron chi connectivity index (χ1n) is 6.11. The third kappa shape index (κ3) is 2.67. The van der Waals surface area contributed by atoms with E-state index in [9.17, 15) is 13.2 Å². The molecule has 2 rings (SSSR count). The van der Waals surface area contributed by atoms with Gasteiger partial charge in [0.25, 0.3) is 0 Å². The lowest BCUT2D eigenvalue weighted by atomic mass is 10.0. The molecule has 1 N–H and O–H groups in total. The van der Waals surface area contributed by atoms with Gasteiger partial charge in [0.1, 0.15) is 0 Å². The molecular weight excluding hydrogens is 241 g/mol. The molecule has 0 aliphatic carbocycles. The van der Waals surface area contributed by atoms with Crippen molar-refractivity contribution in [3.63, 3.8) is 0 Å². The summed E-state index contributed by atoms with van der Waals surface area (Å²) in [5, 5.41) is 3.30. The second kappa shape index (κ2) is 5.28. The minimum Gasteiger partial charge on any atom is -0.312 e. The number of nitrogens with zero attached hydrogens (tertiary/aromatic N) is 1. The summed E-state index contributed by atoms with van der Waals surface area (Å²) in [5.41, 5.74) is 0.473. The average molecular weight is 258 g/mol. The molecule has 2 atom stereocenters. The lowest BCUT2D eigenvalue weighted by Crippen LogP contribution is -2.49. The highest BCUT2D eigenvalue weighted by atomic mass is 19.2. The third-order valence-electron chi connectivity index (χ3n) is 3.44. The molecule has 0 spiro atoms. The van der Waals surface area contributed by atoms with Crippen LogP contribution in [-0.2, 0) is 0 Å². The summed E-state index contributed by atoms with van der Waals surface area (Å²) >= 11 is 0. The molecule has 0 unspecified atom stereocenters. The molecule has 0 bridgehead atoms. The number of nitrogens with one attached hydrogen (secondary N) is 1. The van der Waals surface area contributed by atoms with Crippen molar-refractivity contribution >= 4 is 0 Å². The zero-order valence-corrected chi connectivity index (χ0v) is 10.5. The van der Waals surface area contributed by atoms with E-state index in [0.717, 1.165) is 31.8 Å². The zero-order chi connectivity index (χ0) is 13.3. The quantitative estimate of drug-likeness (QED) is 0.820. The SMILES string of the molecule is C[C@@H]1CN([C@@H](C)c2cc(F)c(F)c(F)c2)CCN1. The molecule has 1 saturated heterocycles. The van der Waals surface area contributed by atoms with Crippen LogP contribution in [0.15, 0.2) is 12.1 Å². The van der Waals surface area contributed by atoms with E-state index < -0.39 is 17.5 Å². The lowest BCUT2D eigenvalue weighted by molar-refractivity contribution is 0.158. The van der Waals surface area contributed by atoms with Crippen molar-refractivity contribution in [3.8, 4) is 0 Å². The maximum absolute atomic E-state index is 13.2. The summed E-state index contributed by atoms with van der Waals surface area (Å²) in [5.74, 6) is -3.65. The first-order valence-corrected chi connectivity index (χ1v) is 6.11. The van der Waals surface area contributed by atoms with Crippen LogP contribution in [0, 0.1) is 17.5 Å². The molecule has 1 aromatic rings. The molecule has 0 amide bonds. The molecule has 0 aromatic heterocycles. The Morgan fingerprint density at radius 2 is 1.89 bits per heavy atom. The van der Waals surface area contributed by atoms with Gasteiger partial charge in [0.2, 0.25) is 0 Å². The van der Waals surface area contributed by atoms with Crippen LogP contribution in [0.4, 0.5) is 13.2 Å². The molecule has 1 aliphatic rings. The van der Waals surface area contributed by atoms with Crippen LogP contribution < -0.4 is 5.32 Å². The standard InChI is InChI=1S/C13H17F3N2/c1-8-7-18(4-3-17-8)9(2)10-5-11(14)13(16)12(15)6-10/h5-6,8-9,17H,3-4,7H2,1-2H3/t8-,9+/m1/s1. The van der Waals surface area contributed by atoms with Gasteiger partial charge in [-0.2, -0.15) is 0 Å². The summed E-state index contributed by atoms with van der Waals surface area (Å²) in [4.78, 5) is 2.13. The van der Waals surface area contributed by atoms with Gasteiger partial charge in [-0.25, -0.2) is 13.2 Å². The highest BCUT2D eigenvalue weighted by Gasteiger charge is 2.23. The predicted octanol–water partition coefficient (Wildman–Crippen LogP) is 2.46. The Morgan fingerprint density at radius 3 is 2.44 bits per heavy atom. The summed E-state index contributed by atoms with van der Waals surface area (Å²) in [6.45, 7) is 6.40. The number of halogens is 3. The van der Waals surface area contributed by atoms with Gasteiger partial charge in [-0.05, 0) is 31.5 Å². The number of hydrogen-bond acceptors (Lipinski definition) is 2. The molecule has 2 nitrogen and oxygen atoms in total. The monoisotopic (exact) mass is 258 g/mol. The van der Waals surface area contributed by atoms with E-state index in [1.807, 2.05) is 6.92 Å². The van der Waals surface area contributed by atoms with Crippen molar-refractivity contribution in [3.05, 3.63) is 35.1 Å². The molecule has 18 heavy (non-hydrogen) atoms. The molecule has 1 heterocycles. The van der Waals surface area contributed by atoms with Crippen molar-refractivity contribution < 1.29 is 13.2 Å². The Bertz CT molecular complexity index is 413. The number of benzene rings is 1. The number of hydrogen-bond donors (Lipinski definition) is 1. The highest BCUT2D eigenvalue weighted by Crippen LogP contribution is 2.24. The van der Waals surface area contributed by atoms with Gasteiger partial charge in [0.05, 0.1) is 0 Å². The van der Waals surface area contributed by atoms with E-state index in [0.29, 0.717) is 11.6 Å². The molecule has 5 heteroatoms. The van der Waals surface area contributed by atoms with Gasteiger partial charge in [-0.15, -0.1) is 0 Å². The molecule has 0 radical (unpaired) electrons. The second-order valence-electron chi connectivity index (χ2n) is 4.82. The van der Waals surface area contributed by atoms with Crippen molar-refractivity contribution in [2.24, 2.45) is 0 Å². The molecule has 100 valence electrons. The Kier molecular flexibility index (Phi) is 3.92. The summed E-state index contributed by atoms with van der Waals surface area (Å²) < 4.78 is 39.3. The van der Waals surface area contributed by atoms with Crippen LogP contribution in [0.25, 0.3) is 0 Å². The highest BCUT2D eigenvalue weighted by molar-refractivity contribution is 5.22. The van der Waals surface area contributed by atoms with Gasteiger partial charge in [0, 0.05) is 31.7 Å². The van der Waals surface area contributed by atoms with E-state index in [-0.39, 0.29) is 6.04 Å². The number of rotatable bonds is 2. The maximum atomic E-state index is 13.2.